The molecule has 0 fully saturated rings. The molecule has 0 radical (unpaired) electrons. The van der Waals surface area contributed by atoms with Gasteiger partial charge in [0.15, 0.2) is 5.41 Å². The van der Waals surface area contributed by atoms with Crippen LogP contribution in [-0.4, -0.2) is 31.1 Å². The summed E-state index contributed by atoms with van der Waals surface area (Å²) < 4.78 is 5.71. The van der Waals surface area contributed by atoms with Crippen LogP contribution in [0.4, 0.5) is 0 Å². The van der Waals surface area contributed by atoms with E-state index >= 15 is 0 Å². The minimum Gasteiger partial charge on any atom is -0.491 e. The first kappa shape index (κ1) is 19.5. The maximum absolute atomic E-state index is 10.0. The van der Waals surface area contributed by atoms with Crippen LogP contribution in [0.2, 0.25) is 0 Å². The van der Waals surface area contributed by atoms with Gasteiger partial charge < -0.3 is 15.4 Å². The number of hydrogen-bond acceptors (Lipinski definition) is 6. The molecule has 6 heteroatoms. The third kappa shape index (κ3) is 3.01. The summed E-state index contributed by atoms with van der Waals surface area (Å²) in [6, 6.07) is 13.9. The van der Waals surface area contributed by atoms with Crippen LogP contribution in [0.5, 0.6) is 5.75 Å². The van der Waals surface area contributed by atoms with Crippen molar-refractivity contribution in [3.05, 3.63) is 52.7 Å². The van der Waals surface area contributed by atoms with Crippen molar-refractivity contribution in [2.24, 2.45) is 17.1 Å². The first-order valence-corrected chi connectivity index (χ1v) is 9.26. The van der Waals surface area contributed by atoms with E-state index in [-0.39, 0.29) is 23.3 Å². The summed E-state index contributed by atoms with van der Waals surface area (Å²) in [5.74, 6) is 0.0883. The average molecular weight is 373 g/mol. The molecule has 0 aromatic heterocycles. The van der Waals surface area contributed by atoms with Gasteiger partial charge in [-0.1, -0.05) is 18.2 Å². The Morgan fingerprint density at radius 1 is 1.18 bits per heavy atom. The van der Waals surface area contributed by atoms with E-state index in [2.05, 4.69) is 23.1 Å². The summed E-state index contributed by atoms with van der Waals surface area (Å²) in [7, 11) is 1.98. The second kappa shape index (κ2) is 7.39. The quantitative estimate of drug-likeness (QED) is 0.872. The third-order valence-corrected chi connectivity index (χ3v) is 5.46. The van der Waals surface area contributed by atoms with E-state index in [0.717, 1.165) is 16.9 Å². The summed E-state index contributed by atoms with van der Waals surface area (Å²) >= 11 is 0. The number of nitrogens with zero attached hydrogens (tertiary/aromatic N) is 4. The van der Waals surface area contributed by atoms with Gasteiger partial charge in [0.1, 0.15) is 11.8 Å². The van der Waals surface area contributed by atoms with Gasteiger partial charge in [-0.05, 0) is 44.2 Å². The zero-order valence-corrected chi connectivity index (χ0v) is 16.3. The molecule has 1 aliphatic carbocycles. The number of benzene rings is 1. The van der Waals surface area contributed by atoms with Crippen molar-refractivity contribution in [1.82, 2.24) is 4.90 Å². The Morgan fingerprint density at radius 3 is 2.36 bits per heavy atom. The molecule has 0 unspecified atom stereocenters. The SMILES string of the molecule is CC(C)Oc1ccc([C@H]2[C@H]3CN(C)CC=C3C(C#N)=C(N)C2(C#N)C#N)cc1. The van der Waals surface area contributed by atoms with Crippen LogP contribution in [0.15, 0.2) is 47.2 Å². The summed E-state index contributed by atoms with van der Waals surface area (Å²) in [6.45, 7) is 5.25. The Balaban J connectivity index is 2.19. The van der Waals surface area contributed by atoms with Crippen LogP contribution >= 0.6 is 0 Å². The Morgan fingerprint density at radius 2 is 1.82 bits per heavy atom. The molecule has 0 spiro atoms. The Bertz CT molecular complexity index is 939. The van der Waals surface area contributed by atoms with E-state index in [1.165, 1.54) is 0 Å². The minimum atomic E-state index is -1.59. The molecular formula is C22H23N5O. The van der Waals surface area contributed by atoms with Crippen molar-refractivity contribution in [1.29, 1.82) is 15.8 Å². The van der Waals surface area contributed by atoms with Gasteiger partial charge in [0, 0.05) is 24.9 Å². The highest BCUT2D eigenvalue weighted by Crippen LogP contribution is 2.54. The van der Waals surface area contributed by atoms with Crippen LogP contribution in [0.3, 0.4) is 0 Å². The fourth-order valence-electron chi connectivity index (χ4n) is 4.23. The van der Waals surface area contributed by atoms with Crippen LogP contribution in [0, 0.1) is 45.3 Å². The fourth-order valence-corrected chi connectivity index (χ4v) is 4.23. The van der Waals surface area contributed by atoms with Crippen LogP contribution in [0.1, 0.15) is 25.3 Å². The summed E-state index contributed by atoms with van der Waals surface area (Å²) in [6.07, 6.45) is 2.04. The lowest BCUT2D eigenvalue weighted by atomic mass is 9.58. The van der Waals surface area contributed by atoms with Crippen molar-refractivity contribution in [3.8, 4) is 24.0 Å². The van der Waals surface area contributed by atoms with E-state index in [0.29, 0.717) is 13.1 Å². The number of nitriles is 3. The van der Waals surface area contributed by atoms with Gasteiger partial charge in [-0.2, -0.15) is 15.8 Å². The van der Waals surface area contributed by atoms with Crippen LogP contribution in [-0.2, 0) is 0 Å². The van der Waals surface area contributed by atoms with E-state index in [1.54, 1.807) is 0 Å². The molecule has 0 saturated carbocycles. The normalized spacial score (nSPS) is 23.8. The van der Waals surface area contributed by atoms with E-state index < -0.39 is 11.3 Å². The Kier molecular flexibility index (Phi) is 5.14. The standard InChI is InChI=1S/C22H23N5O/c1-14(2)28-16-6-4-15(5-7-16)20-19-11-27(3)9-8-17(19)18(10-23)21(26)22(20,12-24)13-25/h4-8,14,19-20H,9,11,26H2,1-3H3/t19-,20-/m0/s1. The number of hydrogen-bond donors (Lipinski definition) is 1. The average Bonchev–Trinajstić information content (AvgIpc) is 2.68. The number of rotatable bonds is 3. The molecule has 2 aliphatic rings. The maximum Gasteiger partial charge on any atom is 0.191 e. The second-order valence-corrected chi connectivity index (χ2v) is 7.63. The fraction of sp³-hybridized carbons (Fsp3) is 0.409. The molecule has 28 heavy (non-hydrogen) atoms. The molecule has 0 saturated heterocycles. The molecule has 2 atom stereocenters. The van der Waals surface area contributed by atoms with Crippen molar-refractivity contribution in [3.63, 3.8) is 0 Å². The Labute approximate surface area is 165 Å². The van der Waals surface area contributed by atoms with Gasteiger partial charge in [-0.15, -0.1) is 0 Å². The van der Waals surface area contributed by atoms with Crippen molar-refractivity contribution < 1.29 is 4.74 Å². The molecule has 142 valence electrons. The molecule has 0 bridgehead atoms. The largest absolute Gasteiger partial charge is 0.491 e. The zero-order valence-electron chi connectivity index (χ0n) is 16.3. The number of ether oxygens (including phenoxy) is 1. The van der Waals surface area contributed by atoms with Crippen molar-refractivity contribution in [2.45, 2.75) is 25.9 Å². The molecule has 1 aromatic rings. The zero-order chi connectivity index (χ0) is 20.5. The van der Waals surface area contributed by atoms with Gasteiger partial charge >= 0.3 is 0 Å². The van der Waals surface area contributed by atoms with Crippen molar-refractivity contribution in [2.75, 3.05) is 20.1 Å². The highest BCUT2D eigenvalue weighted by atomic mass is 16.5. The second-order valence-electron chi connectivity index (χ2n) is 7.63. The summed E-state index contributed by atoms with van der Waals surface area (Å²) in [5, 5.41) is 29.8. The molecule has 0 amide bonds. The Hall–Kier alpha value is -3.27. The van der Waals surface area contributed by atoms with E-state index in [9.17, 15) is 15.8 Å². The molecule has 6 nitrogen and oxygen atoms in total. The van der Waals surface area contributed by atoms with Crippen LogP contribution < -0.4 is 10.5 Å². The predicted molar refractivity (Wildman–Crippen MR) is 105 cm³/mol. The highest BCUT2D eigenvalue weighted by Gasteiger charge is 2.54. The summed E-state index contributed by atoms with van der Waals surface area (Å²) in [5.41, 5.74) is 6.70. The minimum absolute atomic E-state index is 0.0520. The molecule has 1 aromatic carbocycles. The smallest absolute Gasteiger partial charge is 0.191 e. The first-order chi connectivity index (χ1) is 13.4. The monoisotopic (exact) mass is 373 g/mol. The van der Waals surface area contributed by atoms with E-state index in [4.69, 9.17) is 10.5 Å². The van der Waals surface area contributed by atoms with Gasteiger partial charge in [0.25, 0.3) is 0 Å². The molecule has 1 aliphatic heterocycles. The molecule has 3 rings (SSSR count). The van der Waals surface area contributed by atoms with E-state index in [1.807, 2.05) is 51.2 Å². The predicted octanol–water partition coefficient (Wildman–Crippen LogP) is 2.83. The molecule has 2 N–H and O–H groups in total. The van der Waals surface area contributed by atoms with Crippen LogP contribution in [0.25, 0.3) is 0 Å². The van der Waals surface area contributed by atoms with Gasteiger partial charge in [-0.25, -0.2) is 0 Å². The molecule has 1 heterocycles. The van der Waals surface area contributed by atoms with Gasteiger partial charge in [0.05, 0.1) is 29.5 Å². The molecular weight excluding hydrogens is 350 g/mol. The highest BCUT2D eigenvalue weighted by molar-refractivity contribution is 5.59. The maximum atomic E-state index is 10.0. The first-order valence-electron chi connectivity index (χ1n) is 9.26. The number of fused-ring (bicyclic) bond motifs is 1. The number of nitrogens with two attached hydrogens (primary N) is 1. The number of likely N-dealkylation sites (N-methyl/N-ethyl adjacent to an activating group) is 1. The lowest BCUT2D eigenvalue weighted by Crippen LogP contribution is -2.47. The summed E-state index contributed by atoms with van der Waals surface area (Å²) in [4.78, 5) is 2.12. The number of allylic oxidation sites excluding steroid dienone is 2. The lowest BCUT2D eigenvalue weighted by molar-refractivity contribution is 0.235. The van der Waals surface area contributed by atoms with Gasteiger partial charge in [-0.3, -0.25) is 0 Å². The third-order valence-electron chi connectivity index (χ3n) is 5.46. The topological polar surface area (TPSA) is 110 Å². The van der Waals surface area contributed by atoms with Crippen molar-refractivity contribution >= 4 is 0 Å². The van der Waals surface area contributed by atoms with Gasteiger partial charge in [0.2, 0.25) is 0 Å². The lowest BCUT2D eigenvalue weighted by Gasteiger charge is -2.45.